The van der Waals surface area contributed by atoms with Gasteiger partial charge in [0, 0.05) is 41.4 Å². The molecular formula is C18H20F2N2O2S. The number of halogens is 2. The smallest absolute Gasteiger partial charge is 0.211 e. The van der Waals surface area contributed by atoms with Crippen molar-refractivity contribution in [3.8, 4) is 0 Å². The van der Waals surface area contributed by atoms with Crippen LogP contribution in [0, 0.1) is 11.6 Å². The zero-order valence-corrected chi connectivity index (χ0v) is 15.0. The van der Waals surface area contributed by atoms with Gasteiger partial charge in [-0.25, -0.2) is 21.5 Å². The predicted molar refractivity (Wildman–Crippen MR) is 96.1 cm³/mol. The molecule has 7 heteroatoms. The van der Waals surface area contributed by atoms with E-state index in [9.17, 15) is 17.2 Å². The molecule has 0 N–H and O–H groups in total. The van der Waals surface area contributed by atoms with Crippen molar-refractivity contribution in [2.45, 2.75) is 19.9 Å². The number of aryl methyl sites for hydroxylation is 1. The third-order valence-corrected chi connectivity index (χ3v) is 5.78. The van der Waals surface area contributed by atoms with Crippen molar-refractivity contribution >= 4 is 31.8 Å². The lowest BCUT2D eigenvalue weighted by atomic mass is 10.1. The lowest BCUT2D eigenvalue weighted by molar-refractivity contribution is 0.415. The van der Waals surface area contributed by atoms with Gasteiger partial charge in [0.15, 0.2) is 0 Å². The third-order valence-electron chi connectivity index (χ3n) is 4.40. The van der Waals surface area contributed by atoms with Crippen LogP contribution in [0.4, 0.5) is 8.78 Å². The van der Waals surface area contributed by atoms with E-state index in [2.05, 4.69) is 0 Å². The molecular weight excluding hydrogens is 346 g/mol. The number of benzene rings is 2. The van der Waals surface area contributed by atoms with Gasteiger partial charge >= 0.3 is 0 Å². The van der Waals surface area contributed by atoms with Crippen LogP contribution in [0.3, 0.4) is 0 Å². The molecule has 0 aliphatic carbocycles. The number of sulfonamides is 1. The maximum Gasteiger partial charge on any atom is 0.211 e. The normalized spacial score (nSPS) is 12.5. The molecule has 0 spiro atoms. The Hall–Kier alpha value is -1.99. The van der Waals surface area contributed by atoms with Crippen molar-refractivity contribution < 1.29 is 17.2 Å². The van der Waals surface area contributed by atoms with Crippen LogP contribution in [0.2, 0.25) is 0 Å². The van der Waals surface area contributed by atoms with Crippen LogP contribution < -0.4 is 0 Å². The van der Waals surface area contributed by atoms with Crippen LogP contribution in [0.1, 0.15) is 13.3 Å². The highest BCUT2D eigenvalue weighted by Gasteiger charge is 2.15. The fraction of sp³-hybridized carbons (Fsp3) is 0.333. The van der Waals surface area contributed by atoms with Gasteiger partial charge in [0.1, 0.15) is 11.6 Å². The Labute approximate surface area is 145 Å². The minimum absolute atomic E-state index is 0.370. The molecule has 0 aliphatic rings. The summed E-state index contributed by atoms with van der Waals surface area (Å²) in [5.74, 6) is -0.741. The van der Waals surface area contributed by atoms with Crippen LogP contribution in [0.15, 0.2) is 36.4 Å². The lowest BCUT2D eigenvalue weighted by Crippen LogP contribution is -2.31. The maximum atomic E-state index is 13.6. The number of aromatic nitrogens is 1. The van der Waals surface area contributed by atoms with E-state index in [0.29, 0.717) is 36.8 Å². The Bertz CT molecular complexity index is 969. The third kappa shape index (κ3) is 3.52. The number of hydrogen-bond acceptors (Lipinski definition) is 2. The van der Waals surface area contributed by atoms with Crippen LogP contribution in [0.5, 0.6) is 0 Å². The van der Waals surface area contributed by atoms with E-state index in [1.54, 1.807) is 19.1 Å². The van der Waals surface area contributed by atoms with E-state index in [1.165, 1.54) is 34.8 Å². The summed E-state index contributed by atoms with van der Waals surface area (Å²) in [4.78, 5) is 0. The molecule has 2 aromatic carbocycles. The molecule has 25 heavy (non-hydrogen) atoms. The zero-order valence-electron chi connectivity index (χ0n) is 14.2. The summed E-state index contributed by atoms with van der Waals surface area (Å²) in [6, 6.07) is 8.92. The molecule has 0 radical (unpaired) electrons. The Morgan fingerprint density at radius 1 is 1.00 bits per heavy atom. The number of hydrogen-bond donors (Lipinski definition) is 0. The Balaban J connectivity index is 1.97. The van der Waals surface area contributed by atoms with E-state index in [1.807, 2.05) is 4.57 Å². The molecule has 4 nitrogen and oxygen atoms in total. The zero-order chi connectivity index (χ0) is 18.2. The number of nitrogens with zero attached hydrogens (tertiary/aromatic N) is 2. The molecule has 0 aliphatic heterocycles. The van der Waals surface area contributed by atoms with Gasteiger partial charge < -0.3 is 4.57 Å². The van der Waals surface area contributed by atoms with Crippen LogP contribution in [-0.4, -0.2) is 36.6 Å². The number of fused-ring (bicyclic) bond motifs is 3. The van der Waals surface area contributed by atoms with Crippen LogP contribution in [-0.2, 0) is 16.6 Å². The minimum atomic E-state index is -3.23. The molecule has 0 fully saturated rings. The van der Waals surface area contributed by atoms with Gasteiger partial charge in [0.05, 0.1) is 6.26 Å². The summed E-state index contributed by atoms with van der Waals surface area (Å²) in [6.45, 7) is 3.18. The van der Waals surface area contributed by atoms with Crippen molar-refractivity contribution in [3.05, 3.63) is 48.0 Å². The molecule has 3 aromatic rings. The van der Waals surface area contributed by atoms with Gasteiger partial charge in [0.2, 0.25) is 10.0 Å². The lowest BCUT2D eigenvalue weighted by Gasteiger charge is -2.18. The molecule has 0 bridgehead atoms. The Morgan fingerprint density at radius 2 is 1.52 bits per heavy atom. The van der Waals surface area contributed by atoms with Gasteiger partial charge in [-0.1, -0.05) is 6.92 Å². The maximum absolute atomic E-state index is 13.6. The van der Waals surface area contributed by atoms with E-state index >= 15 is 0 Å². The van der Waals surface area contributed by atoms with E-state index in [4.69, 9.17) is 0 Å². The Morgan fingerprint density at radius 3 is 1.96 bits per heavy atom. The summed E-state index contributed by atoms with van der Waals surface area (Å²) < 4.78 is 54.0. The summed E-state index contributed by atoms with van der Waals surface area (Å²) in [6.07, 6.45) is 1.80. The number of rotatable bonds is 6. The summed E-state index contributed by atoms with van der Waals surface area (Å²) in [5.41, 5.74) is 1.62. The average molecular weight is 366 g/mol. The van der Waals surface area contributed by atoms with Gasteiger partial charge in [-0.05, 0) is 42.8 Å². The monoisotopic (exact) mass is 366 g/mol. The Kier molecular flexibility index (Phi) is 4.79. The first-order chi connectivity index (χ1) is 11.8. The van der Waals surface area contributed by atoms with Gasteiger partial charge in [-0.3, -0.25) is 0 Å². The molecule has 134 valence electrons. The second-order valence-electron chi connectivity index (χ2n) is 6.08. The molecule has 1 aromatic heterocycles. The quantitative estimate of drug-likeness (QED) is 0.667. The highest BCUT2D eigenvalue weighted by molar-refractivity contribution is 7.88. The van der Waals surface area contributed by atoms with Crippen molar-refractivity contribution in [1.29, 1.82) is 0 Å². The second kappa shape index (κ2) is 6.72. The topological polar surface area (TPSA) is 42.3 Å². The fourth-order valence-corrected chi connectivity index (χ4v) is 4.18. The summed E-state index contributed by atoms with van der Waals surface area (Å²) >= 11 is 0. The largest absolute Gasteiger partial charge is 0.340 e. The highest BCUT2D eigenvalue weighted by atomic mass is 32.2. The molecule has 0 unspecified atom stereocenters. The SMILES string of the molecule is CCN(CCCn1c2ccc(F)cc2c2cc(F)ccc21)S(C)(=O)=O. The first kappa shape index (κ1) is 17.8. The molecule has 0 saturated heterocycles. The average Bonchev–Trinajstić information content (AvgIpc) is 2.83. The fourth-order valence-electron chi connectivity index (χ4n) is 3.25. The first-order valence-corrected chi connectivity index (χ1v) is 9.98. The summed E-state index contributed by atoms with van der Waals surface area (Å²) in [5, 5.41) is 1.31. The van der Waals surface area contributed by atoms with Crippen molar-refractivity contribution in [3.63, 3.8) is 0 Å². The first-order valence-electron chi connectivity index (χ1n) is 8.13. The predicted octanol–water partition coefficient (Wildman–Crippen LogP) is 3.74. The van der Waals surface area contributed by atoms with Gasteiger partial charge in [0.25, 0.3) is 0 Å². The highest BCUT2D eigenvalue weighted by Crippen LogP contribution is 2.30. The molecule has 0 saturated carbocycles. The van der Waals surface area contributed by atoms with E-state index in [-0.39, 0.29) is 11.6 Å². The minimum Gasteiger partial charge on any atom is -0.340 e. The van der Waals surface area contributed by atoms with E-state index < -0.39 is 10.0 Å². The molecule has 3 rings (SSSR count). The van der Waals surface area contributed by atoms with Crippen LogP contribution >= 0.6 is 0 Å². The van der Waals surface area contributed by atoms with Crippen LogP contribution in [0.25, 0.3) is 21.8 Å². The molecule has 1 heterocycles. The van der Waals surface area contributed by atoms with Crippen molar-refractivity contribution in [2.24, 2.45) is 0 Å². The second-order valence-corrected chi connectivity index (χ2v) is 8.07. The van der Waals surface area contributed by atoms with Crippen molar-refractivity contribution in [2.75, 3.05) is 19.3 Å². The van der Waals surface area contributed by atoms with Gasteiger partial charge in [-0.15, -0.1) is 0 Å². The van der Waals surface area contributed by atoms with Crippen molar-refractivity contribution in [1.82, 2.24) is 8.87 Å². The molecule has 0 atom stereocenters. The summed E-state index contributed by atoms with van der Waals surface area (Å²) in [7, 11) is -3.23. The standard InChI is InChI=1S/C18H20F2N2O2S/c1-3-21(25(2,23)24)9-4-10-22-17-7-5-13(19)11-15(17)16-12-14(20)6-8-18(16)22/h5-8,11-12H,3-4,9-10H2,1-2H3. The molecule has 0 amide bonds. The van der Waals surface area contributed by atoms with E-state index in [0.717, 1.165) is 11.0 Å². The van der Waals surface area contributed by atoms with Gasteiger partial charge in [-0.2, -0.15) is 0 Å².